The molecule has 7 heteroatoms. The Kier molecular flexibility index (Phi) is 5.18. The molecule has 0 aliphatic carbocycles. The van der Waals surface area contributed by atoms with Crippen LogP contribution in [0.1, 0.15) is 31.0 Å². The van der Waals surface area contributed by atoms with Crippen molar-refractivity contribution in [2.24, 2.45) is 0 Å². The van der Waals surface area contributed by atoms with Gasteiger partial charge in [-0.1, -0.05) is 60.1 Å². The molecule has 1 aromatic carbocycles. The van der Waals surface area contributed by atoms with Gasteiger partial charge >= 0.3 is 16.1 Å². The summed E-state index contributed by atoms with van der Waals surface area (Å²) in [6.07, 6.45) is 0.978. The lowest BCUT2D eigenvalue weighted by Gasteiger charge is -2.15. The lowest BCUT2D eigenvalue weighted by atomic mass is 10.00. The quantitative estimate of drug-likeness (QED) is 0.582. The van der Waals surface area contributed by atoms with Gasteiger partial charge in [0.2, 0.25) is 0 Å². The van der Waals surface area contributed by atoms with Gasteiger partial charge in [0.15, 0.2) is 0 Å². The molecule has 22 heavy (non-hydrogen) atoms. The monoisotopic (exact) mass is 384 g/mol. The van der Waals surface area contributed by atoms with E-state index in [-0.39, 0.29) is 11.9 Å². The van der Waals surface area contributed by atoms with Crippen molar-refractivity contribution in [3.05, 3.63) is 41.6 Å². The first kappa shape index (κ1) is 16.9. The van der Waals surface area contributed by atoms with Crippen LogP contribution >= 0.6 is 15.9 Å². The highest BCUT2D eigenvalue weighted by atomic mass is 79.9. The Bertz CT molecular complexity index is 762. The number of halogens is 1. The van der Waals surface area contributed by atoms with E-state index < -0.39 is 10.1 Å². The smallest absolute Gasteiger partial charge is 0.333 e. The first-order valence-electron chi connectivity index (χ1n) is 6.73. The van der Waals surface area contributed by atoms with Crippen LogP contribution in [0.2, 0.25) is 0 Å². The Morgan fingerprint density at radius 3 is 2.32 bits per heavy atom. The average molecular weight is 385 g/mol. The number of alkyl halides is 1. The highest BCUT2D eigenvalue weighted by molar-refractivity contribution is 9.08. The molecule has 0 N–H and O–H groups in total. The minimum atomic E-state index is -3.67. The van der Waals surface area contributed by atoms with Crippen LogP contribution < -0.4 is 4.18 Å². The van der Waals surface area contributed by atoms with Gasteiger partial charge in [0, 0.05) is 16.5 Å². The highest BCUT2D eigenvalue weighted by Gasteiger charge is 2.19. The second-order valence-corrected chi connectivity index (χ2v) is 7.30. The minimum Gasteiger partial charge on any atom is -0.343 e. The van der Waals surface area contributed by atoms with E-state index >= 15 is 0 Å². The Morgan fingerprint density at radius 2 is 1.82 bits per heavy atom. The molecule has 118 valence electrons. The van der Waals surface area contributed by atoms with Crippen LogP contribution in [-0.2, 0) is 15.4 Å². The Balaban J connectivity index is 2.69. The molecule has 0 saturated heterocycles. The summed E-state index contributed by atoms with van der Waals surface area (Å²) in [5, 5.41) is 0.573. The number of hydrogen-bond acceptors (Lipinski definition) is 5. The fourth-order valence-corrected chi connectivity index (χ4v) is 2.99. The van der Waals surface area contributed by atoms with Crippen LogP contribution in [0.15, 0.2) is 30.3 Å². The second kappa shape index (κ2) is 6.75. The third-order valence-electron chi connectivity index (χ3n) is 2.97. The van der Waals surface area contributed by atoms with Gasteiger partial charge in [-0.05, 0) is 5.92 Å². The molecule has 1 heterocycles. The second-order valence-electron chi connectivity index (χ2n) is 5.16. The van der Waals surface area contributed by atoms with Crippen molar-refractivity contribution in [3.8, 4) is 17.3 Å². The number of benzene rings is 1. The van der Waals surface area contributed by atoms with E-state index in [1.807, 2.05) is 44.2 Å². The number of nitrogens with zero attached hydrogens (tertiary/aromatic N) is 2. The van der Waals surface area contributed by atoms with Crippen LogP contribution in [0.3, 0.4) is 0 Å². The summed E-state index contributed by atoms with van der Waals surface area (Å²) >= 11 is 3.47. The van der Waals surface area contributed by atoms with Crippen LogP contribution in [0.4, 0.5) is 0 Å². The molecule has 5 nitrogen and oxygen atoms in total. The van der Waals surface area contributed by atoms with Crippen LogP contribution in [-0.4, -0.2) is 24.6 Å². The van der Waals surface area contributed by atoms with E-state index in [1.54, 1.807) is 0 Å². The fraction of sp³-hybridized carbons (Fsp3) is 0.333. The average Bonchev–Trinajstić information content (AvgIpc) is 2.45. The minimum absolute atomic E-state index is 0.111. The van der Waals surface area contributed by atoms with Gasteiger partial charge in [0.05, 0.1) is 17.6 Å². The molecule has 2 rings (SSSR count). The fourth-order valence-electron chi connectivity index (χ4n) is 2.10. The maximum atomic E-state index is 11.4. The Labute approximate surface area is 139 Å². The Morgan fingerprint density at radius 1 is 1.18 bits per heavy atom. The maximum absolute atomic E-state index is 11.4. The summed E-state index contributed by atoms with van der Waals surface area (Å²) < 4.78 is 27.6. The molecule has 0 amide bonds. The molecular formula is C15H17BrN2O3S. The molecule has 0 radical (unpaired) electrons. The van der Waals surface area contributed by atoms with E-state index in [4.69, 9.17) is 4.18 Å². The SMILES string of the molecule is CC(C)c1nc(OS(C)(=O)=O)nc(-c2ccccc2)c1CBr. The van der Waals surface area contributed by atoms with Crippen molar-refractivity contribution in [2.75, 3.05) is 6.26 Å². The summed E-state index contributed by atoms with van der Waals surface area (Å²) in [7, 11) is -3.67. The Hall–Kier alpha value is -1.47. The zero-order chi connectivity index (χ0) is 16.3. The molecule has 0 aliphatic rings. The molecular weight excluding hydrogens is 368 g/mol. The third kappa shape index (κ3) is 4.04. The van der Waals surface area contributed by atoms with Crippen molar-refractivity contribution in [3.63, 3.8) is 0 Å². The summed E-state index contributed by atoms with van der Waals surface area (Å²) in [6.45, 7) is 3.99. The normalized spacial score (nSPS) is 11.7. The van der Waals surface area contributed by atoms with E-state index in [0.29, 0.717) is 11.0 Å². The van der Waals surface area contributed by atoms with Crippen molar-refractivity contribution >= 4 is 26.0 Å². The zero-order valence-corrected chi connectivity index (χ0v) is 15.0. The standard InChI is InChI=1S/C15H17BrN2O3S/c1-10(2)13-12(9-16)14(11-7-5-4-6-8-11)18-15(17-13)21-22(3,19)20/h4-8,10H,9H2,1-3H3. The molecule has 0 bridgehead atoms. The van der Waals surface area contributed by atoms with E-state index in [9.17, 15) is 8.42 Å². The topological polar surface area (TPSA) is 69.2 Å². The van der Waals surface area contributed by atoms with E-state index in [1.165, 1.54) is 0 Å². The largest absolute Gasteiger partial charge is 0.343 e. The van der Waals surface area contributed by atoms with Gasteiger partial charge in [-0.15, -0.1) is 0 Å². The van der Waals surface area contributed by atoms with Gasteiger partial charge in [-0.2, -0.15) is 18.4 Å². The predicted octanol–water partition coefficient (Wildman–Crippen LogP) is 3.50. The van der Waals surface area contributed by atoms with E-state index in [0.717, 1.165) is 23.1 Å². The molecule has 1 aromatic heterocycles. The summed E-state index contributed by atoms with van der Waals surface area (Å²) in [5.74, 6) is 0.111. The number of aromatic nitrogens is 2. The zero-order valence-electron chi connectivity index (χ0n) is 12.6. The molecule has 2 aromatic rings. The molecule has 0 spiro atoms. The molecule has 0 saturated carbocycles. The lowest BCUT2D eigenvalue weighted by molar-refractivity contribution is 0.467. The number of rotatable bonds is 5. The molecule has 0 atom stereocenters. The van der Waals surface area contributed by atoms with E-state index in [2.05, 4.69) is 25.9 Å². The summed E-state index contributed by atoms with van der Waals surface area (Å²) in [5.41, 5.74) is 3.26. The first-order valence-corrected chi connectivity index (χ1v) is 9.67. The summed E-state index contributed by atoms with van der Waals surface area (Å²) in [6, 6.07) is 9.42. The van der Waals surface area contributed by atoms with Crippen molar-refractivity contribution < 1.29 is 12.6 Å². The van der Waals surface area contributed by atoms with Gasteiger partial charge < -0.3 is 4.18 Å². The lowest BCUT2D eigenvalue weighted by Crippen LogP contribution is -2.12. The van der Waals surface area contributed by atoms with Gasteiger partial charge in [-0.25, -0.2) is 0 Å². The van der Waals surface area contributed by atoms with Gasteiger partial charge in [0.1, 0.15) is 0 Å². The van der Waals surface area contributed by atoms with Crippen LogP contribution in [0, 0.1) is 0 Å². The maximum Gasteiger partial charge on any atom is 0.333 e. The molecule has 0 aliphatic heterocycles. The predicted molar refractivity (Wildman–Crippen MR) is 89.7 cm³/mol. The number of hydrogen-bond donors (Lipinski definition) is 0. The summed E-state index contributed by atoms with van der Waals surface area (Å²) in [4.78, 5) is 8.57. The van der Waals surface area contributed by atoms with Gasteiger partial charge in [0.25, 0.3) is 0 Å². The first-order chi connectivity index (χ1) is 10.3. The van der Waals surface area contributed by atoms with Crippen LogP contribution in [0.25, 0.3) is 11.3 Å². The van der Waals surface area contributed by atoms with Crippen molar-refractivity contribution in [2.45, 2.75) is 25.1 Å². The third-order valence-corrected chi connectivity index (χ3v) is 3.98. The molecule has 0 unspecified atom stereocenters. The van der Waals surface area contributed by atoms with Gasteiger partial charge in [-0.3, -0.25) is 0 Å². The van der Waals surface area contributed by atoms with Crippen LogP contribution in [0.5, 0.6) is 6.01 Å². The van der Waals surface area contributed by atoms with Crippen molar-refractivity contribution in [1.82, 2.24) is 9.97 Å². The molecule has 0 fully saturated rings. The van der Waals surface area contributed by atoms with Crippen molar-refractivity contribution in [1.29, 1.82) is 0 Å². The highest BCUT2D eigenvalue weighted by Crippen LogP contribution is 2.31.